The molecule has 0 aromatic heterocycles. The number of hydrogen-bond acceptors (Lipinski definition) is 4. The molecule has 3 aromatic carbocycles. The van der Waals surface area contributed by atoms with Crippen LogP contribution in [-0.4, -0.2) is 34.0 Å². The SMILES string of the molecule is COc1ccc(N(CC(=O)N2c3ccccc3CC2C)S(=O)(=O)c2ccc(C)c(C)c2)cc1. The average molecular weight is 465 g/mol. The van der Waals surface area contributed by atoms with Crippen molar-refractivity contribution >= 4 is 27.3 Å². The lowest BCUT2D eigenvalue weighted by Crippen LogP contribution is -2.45. The largest absolute Gasteiger partial charge is 0.497 e. The predicted octanol–water partition coefficient (Wildman–Crippen LogP) is 4.49. The van der Waals surface area contributed by atoms with Crippen LogP contribution in [0.4, 0.5) is 11.4 Å². The normalized spacial score (nSPS) is 15.3. The standard InChI is InChI=1S/C26H28N2O4S/c1-18-9-14-24(15-19(18)2)33(30,31)27(22-10-12-23(32-4)13-11-22)17-26(29)28-20(3)16-21-7-5-6-8-25(21)28/h5-15,20H,16-17H2,1-4H3. The van der Waals surface area contributed by atoms with E-state index in [4.69, 9.17) is 4.74 Å². The minimum Gasteiger partial charge on any atom is -0.497 e. The molecule has 6 nitrogen and oxygen atoms in total. The summed E-state index contributed by atoms with van der Waals surface area (Å²) in [5.41, 5.74) is 4.21. The van der Waals surface area contributed by atoms with Gasteiger partial charge in [-0.3, -0.25) is 9.10 Å². The van der Waals surface area contributed by atoms with E-state index >= 15 is 0 Å². The minimum absolute atomic E-state index is 0.0445. The van der Waals surface area contributed by atoms with Crippen LogP contribution in [0.1, 0.15) is 23.6 Å². The number of anilines is 2. The second-order valence-corrected chi connectivity index (χ2v) is 10.3. The molecule has 1 aliphatic heterocycles. The molecule has 1 unspecified atom stereocenters. The fourth-order valence-corrected chi connectivity index (χ4v) is 5.71. The number of amides is 1. The number of aryl methyl sites for hydroxylation is 2. The molecule has 0 bridgehead atoms. The molecule has 0 fully saturated rings. The molecule has 0 radical (unpaired) electrons. The molecule has 7 heteroatoms. The number of carbonyl (C=O) groups is 1. The highest BCUT2D eigenvalue weighted by molar-refractivity contribution is 7.92. The van der Waals surface area contributed by atoms with Crippen LogP contribution < -0.4 is 13.9 Å². The number of para-hydroxylation sites is 1. The van der Waals surface area contributed by atoms with Crippen LogP contribution in [0.3, 0.4) is 0 Å². The first-order valence-corrected chi connectivity index (χ1v) is 12.3. The number of rotatable bonds is 6. The Labute approximate surface area is 195 Å². The Balaban J connectivity index is 1.74. The van der Waals surface area contributed by atoms with Crippen molar-refractivity contribution in [1.82, 2.24) is 0 Å². The van der Waals surface area contributed by atoms with Crippen LogP contribution in [0.25, 0.3) is 0 Å². The van der Waals surface area contributed by atoms with Crippen LogP contribution in [0, 0.1) is 13.8 Å². The number of fused-ring (bicyclic) bond motifs is 1. The second kappa shape index (κ2) is 8.90. The quantitative estimate of drug-likeness (QED) is 0.539. The van der Waals surface area contributed by atoms with E-state index in [0.717, 1.165) is 28.8 Å². The van der Waals surface area contributed by atoms with Gasteiger partial charge in [0.2, 0.25) is 5.91 Å². The number of ether oxygens (including phenoxy) is 1. The third-order valence-electron chi connectivity index (χ3n) is 6.18. The van der Waals surface area contributed by atoms with Gasteiger partial charge in [0.1, 0.15) is 12.3 Å². The highest BCUT2D eigenvalue weighted by atomic mass is 32.2. The summed E-state index contributed by atoms with van der Waals surface area (Å²) >= 11 is 0. The van der Waals surface area contributed by atoms with E-state index in [2.05, 4.69) is 0 Å². The molecule has 1 aliphatic rings. The summed E-state index contributed by atoms with van der Waals surface area (Å²) in [5, 5.41) is 0. The van der Waals surface area contributed by atoms with E-state index in [1.807, 2.05) is 45.0 Å². The third-order valence-corrected chi connectivity index (χ3v) is 7.95. The summed E-state index contributed by atoms with van der Waals surface area (Å²) in [7, 11) is -2.44. The van der Waals surface area contributed by atoms with E-state index in [1.54, 1.807) is 54.5 Å². The van der Waals surface area contributed by atoms with Crippen LogP contribution in [0.2, 0.25) is 0 Å². The molecule has 3 aromatic rings. The van der Waals surface area contributed by atoms with Crippen LogP contribution in [0.5, 0.6) is 5.75 Å². The first-order chi connectivity index (χ1) is 15.7. The maximum absolute atomic E-state index is 13.8. The van der Waals surface area contributed by atoms with Crippen molar-refractivity contribution in [2.45, 2.75) is 38.1 Å². The zero-order valence-corrected chi connectivity index (χ0v) is 20.1. The number of carbonyl (C=O) groups excluding carboxylic acids is 1. The molecule has 4 rings (SSSR count). The Kier molecular flexibility index (Phi) is 6.17. The molecule has 1 amide bonds. The maximum Gasteiger partial charge on any atom is 0.264 e. The summed E-state index contributed by atoms with van der Waals surface area (Å²) in [6, 6.07) is 19.4. The van der Waals surface area contributed by atoms with Gasteiger partial charge in [-0.05, 0) is 86.3 Å². The summed E-state index contributed by atoms with van der Waals surface area (Å²) in [5.74, 6) is 0.339. The van der Waals surface area contributed by atoms with Crippen molar-refractivity contribution in [2.24, 2.45) is 0 Å². The maximum atomic E-state index is 13.8. The molecule has 1 heterocycles. The van der Waals surface area contributed by atoms with E-state index in [9.17, 15) is 13.2 Å². The molecule has 172 valence electrons. The van der Waals surface area contributed by atoms with Gasteiger partial charge in [-0.2, -0.15) is 0 Å². The first kappa shape index (κ1) is 22.9. The topological polar surface area (TPSA) is 66.9 Å². The van der Waals surface area contributed by atoms with Gasteiger partial charge in [-0.25, -0.2) is 8.42 Å². The Bertz CT molecular complexity index is 1290. The molecule has 0 aliphatic carbocycles. The van der Waals surface area contributed by atoms with Crippen molar-refractivity contribution in [3.8, 4) is 5.75 Å². The second-order valence-electron chi connectivity index (χ2n) is 8.40. The summed E-state index contributed by atoms with van der Waals surface area (Å²) in [6.45, 7) is 5.48. The van der Waals surface area contributed by atoms with Gasteiger partial charge in [-0.1, -0.05) is 24.3 Å². The zero-order chi connectivity index (χ0) is 23.8. The van der Waals surface area contributed by atoms with Crippen LogP contribution in [-0.2, 0) is 21.2 Å². The lowest BCUT2D eigenvalue weighted by atomic mass is 10.1. The van der Waals surface area contributed by atoms with Crippen molar-refractivity contribution in [3.05, 3.63) is 83.4 Å². The van der Waals surface area contributed by atoms with Gasteiger partial charge in [0, 0.05) is 11.7 Å². The van der Waals surface area contributed by atoms with Crippen molar-refractivity contribution in [3.63, 3.8) is 0 Å². The van der Waals surface area contributed by atoms with Gasteiger partial charge >= 0.3 is 0 Å². The van der Waals surface area contributed by atoms with E-state index in [0.29, 0.717) is 11.4 Å². The Morgan fingerprint density at radius 2 is 1.73 bits per heavy atom. The third kappa shape index (κ3) is 4.33. The Hall–Kier alpha value is -3.32. The van der Waals surface area contributed by atoms with Crippen LogP contribution in [0.15, 0.2) is 71.6 Å². The number of sulfonamides is 1. The first-order valence-electron chi connectivity index (χ1n) is 10.9. The lowest BCUT2D eigenvalue weighted by Gasteiger charge is -2.29. The van der Waals surface area contributed by atoms with Crippen molar-refractivity contribution < 1.29 is 17.9 Å². The van der Waals surface area contributed by atoms with Crippen LogP contribution >= 0.6 is 0 Å². The molecular formula is C26H28N2O4S. The summed E-state index contributed by atoms with van der Waals surface area (Å²) in [6.07, 6.45) is 0.744. The van der Waals surface area contributed by atoms with Gasteiger partial charge in [0.15, 0.2) is 0 Å². The van der Waals surface area contributed by atoms with Crippen molar-refractivity contribution in [1.29, 1.82) is 0 Å². The van der Waals surface area contributed by atoms with Gasteiger partial charge in [0.05, 0.1) is 17.7 Å². The molecule has 33 heavy (non-hydrogen) atoms. The molecule has 1 atom stereocenters. The summed E-state index contributed by atoms with van der Waals surface area (Å²) in [4.78, 5) is 15.4. The molecule has 0 spiro atoms. The Morgan fingerprint density at radius 1 is 1.03 bits per heavy atom. The minimum atomic E-state index is -3.99. The number of methoxy groups -OCH3 is 1. The van der Waals surface area contributed by atoms with E-state index in [-0.39, 0.29) is 23.4 Å². The zero-order valence-electron chi connectivity index (χ0n) is 19.3. The Morgan fingerprint density at radius 3 is 2.39 bits per heavy atom. The smallest absolute Gasteiger partial charge is 0.264 e. The summed E-state index contributed by atoms with van der Waals surface area (Å²) < 4.78 is 33.9. The molecule has 0 saturated heterocycles. The number of hydrogen-bond donors (Lipinski definition) is 0. The van der Waals surface area contributed by atoms with Crippen molar-refractivity contribution in [2.75, 3.05) is 22.9 Å². The van der Waals surface area contributed by atoms with Gasteiger partial charge < -0.3 is 9.64 Å². The monoisotopic (exact) mass is 464 g/mol. The van der Waals surface area contributed by atoms with E-state index in [1.165, 1.54) is 4.31 Å². The lowest BCUT2D eigenvalue weighted by molar-refractivity contribution is -0.117. The number of nitrogens with zero attached hydrogens (tertiary/aromatic N) is 2. The van der Waals surface area contributed by atoms with Gasteiger partial charge in [0.25, 0.3) is 10.0 Å². The van der Waals surface area contributed by atoms with Gasteiger partial charge in [-0.15, -0.1) is 0 Å². The fraction of sp³-hybridized carbons (Fsp3) is 0.269. The molecule has 0 N–H and O–H groups in total. The molecule has 0 saturated carbocycles. The fourth-order valence-electron chi connectivity index (χ4n) is 4.21. The molecular weight excluding hydrogens is 436 g/mol. The average Bonchev–Trinajstić information content (AvgIpc) is 3.14. The highest BCUT2D eigenvalue weighted by Gasteiger charge is 2.34. The highest BCUT2D eigenvalue weighted by Crippen LogP contribution is 2.33. The number of benzene rings is 3. The predicted molar refractivity (Wildman–Crippen MR) is 131 cm³/mol. The van der Waals surface area contributed by atoms with E-state index < -0.39 is 10.0 Å².